The lowest BCUT2D eigenvalue weighted by Gasteiger charge is -2.34. The summed E-state index contributed by atoms with van der Waals surface area (Å²) in [4.78, 5) is 13.1. The summed E-state index contributed by atoms with van der Waals surface area (Å²) in [7, 11) is 0. The van der Waals surface area contributed by atoms with Crippen molar-refractivity contribution in [2.75, 3.05) is 18.0 Å². The number of nitrogens with two attached hydrogens (primary N) is 1. The quantitative estimate of drug-likeness (QED) is 0.873. The molecule has 0 radical (unpaired) electrons. The van der Waals surface area contributed by atoms with E-state index in [1.54, 1.807) is 19.1 Å². The number of hydrogen-bond donors (Lipinski definition) is 2. The minimum atomic E-state index is -0.750. The number of aliphatic hydroxyl groups is 1. The SMILES string of the molecule is C[C@@H](O)c1cccc(F)c1N1CCCC(C(N)=O)C1. The number of piperidine rings is 1. The van der Waals surface area contributed by atoms with Gasteiger partial charge in [0.05, 0.1) is 17.7 Å². The number of aliphatic hydroxyl groups excluding tert-OH is 1. The zero-order chi connectivity index (χ0) is 14.0. The first-order valence-corrected chi connectivity index (χ1v) is 6.51. The third-order valence-corrected chi connectivity index (χ3v) is 3.61. The Morgan fingerprint density at radius 2 is 2.32 bits per heavy atom. The lowest BCUT2D eigenvalue weighted by atomic mass is 9.95. The van der Waals surface area contributed by atoms with Crippen LogP contribution in [0.1, 0.15) is 31.4 Å². The fourth-order valence-corrected chi connectivity index (χ4v) is 2.62. The van der Waals surface area contributed by atoms with Gasteiger partial charge in [0.15, 0.2) is 0 Å². The fraction of sp³-hybridized carbons (Fsp3) is 0.500. The fourth-order valence-electron chi connectivity index (χ4n) is 2.62. The maximum atomic E-state index is 14.1. The van der Waals surface area contributed by atoms with Crippen molar-refractivity contribution in [1.29, 1.82) is 0 Å². The van der Waals surface area contributed by atoms with E-state index in [1.807, 2.05) is 4.90 Å². The minimum Gasteiger partial charge on any atom is -0.389 e. The van der Waals surface area contributed by atoms with Crippen LogP contribution in [0.15, 0.2) is 18.2 Å². The number of amides is 1. The molecular weight excluding hydrogens is 247 g/mol. The number of benzene rings is 1. The van der Waals surface area contributed by atoms with E-state index in [2.05, 4.69) is 0 Å². The molecule has 1 heterocycles. The summed E-state index contributed by atoms with van der Waals surface area (Å²) in [6, 6.07) is 4.66. The molecule has 5 heteroatoms. The molecule has 1 saturated heterocycles. The van der Waals surface area contributed by atoms with Crippen LogP contribution < -0.4 is 10.6 Å². The molecule has 2 rings (SSSR count). The molecule has 1 fully saturated rings. The number of carbonyl (C=O) groups excluding carboxylic acids is 1. The van der Waals surface area contributed by atoms with Crippen LogP contribution in [-0.4, -0.2) is 24.1 Å². The highest BCUT2D eigenvalue weighted by atomic mass is 19.1. The Morgan fingerprint density at radius 3 is 2.95 bits per heavy atom. The van der Waals surface area contributed by atoms with Crippen molar-refractivity contribution >= 4 is 11.6 Å². The predicted octanol–water partition coefficient (Wildman–Crippen LogP) is 1.58. The molecule has 1 unspecified atom stereocenters. The number of anilines is 1. The second-order valence-electron chi connectivity index (χ2n) is 5.04. The molecule has 0 aromatic heterocycles. The predicted molar refractivity (Wildman–Crippen MR) is 71.2 cm³/mol. The monoisotopic (exact) mass is 266 g/mol. The Morgan fingerprint density at radius 1 is 1.58 bits per heavy atom. The van der Waals surface area contributed by atoms with E-state index < -0.39 is 6.10 Å². The highest BCUT2D eigenvalue weighted by Crippen LogP contribution is 2.32. The lowest BCUT2D eigenvalue weighted by molar-refractivity contribution is -0.122. The summed E-state index contributed by atoms with van der Waals surface area (Å²) >= 11 is 0. The van der Waals surface area contributed by atoms with E-state index in [0.717, 1.165) is 12.8 Å². The van der Waals surface area contributed by atoms with E-state index in [9.17, 15) is 14.3 Å². The zero-order valence-electron chi connectivity index (χ0n) is 11.0. The summed E-state index contributed by atoms with van der Waals surface area (Å²) in [6.45, 7) is 2.69. The number of carbonyl (C=O) groups is 1. The number of rotatable bonds is 3. The summed E-state index contributed by atoms with van der Waals surface area (Å²) < 4.78 is 14.1. The van der Waals surface area contributed by atoms with Crippen LogP contribution in [0.3, 0.4) is 0 Å². The van der Waals surface area contributed by atoms with Crippen LogP contribution >= 0.6 is 0 Å². The van der Waals surface area contributed by atoms with Crippen LogP contribution in [0.5, 0.6) is 0 Å². The van der Waals surface area contributed by atoms with Crippen LogP contribution in [0.2, 0.25) is 0 Å². The van der Waals surface area contributed by atoms with Crippen LogP contribution in [0.25, 0.3) is 0 Å². The summed E-state index contributed by atoms with van der Waals surface area (Å²) in [5, 5.41) is 9.75. The Kier molecular flexibility index (Phi) is 4.04. The number of nitrogens with zero attached hydrogens (tertiary/aromatic N) is 1. The van der Waals surface area contributed by atoms with E-state index in [0.29, 0.717) is 24.3 Å². The van der Waals surface area contributed by atoms with E-state index in [4.69, 9.17) is 5.73 Å². The minimum absolute atomic E-state index is 0.254. The molecule has 2 atom stereocenters. The Hall–Kier alpha value is -1.62. The van der Waals surface area contributed by atoms with Gasteiger partial charge in [0.1, 0.15) is 5.82 Å². The molecule has 3 N–H and O–H groups in total. The van der Waals surface area contributed by atoms with Crippen molar-refractivity contribution in [2.24, 2.45) is 11.7 Å². The summed E-state index contributed by atoms with van der Waals surface area (Å²) in [6.07, 6.45) is 0.783. The molecule has 1 amide bonds. The van der Waals surface area contributed by atoms with E-state index >= 15 is 0 Å². The smallest absolute Gasteiger partial charge is 0.222 e. The molecule has 0 aliphatic carbocycles. The molecule has 0 spiro atoms. The first-order chi connectivity index (χ1) is 9.00. The molecule has 1 aliphatic rings. The number of para-hydroxylation sites is 1. The lowest BCUT2D eigenvalue weighted by Crippen LogP contribution is -2.42. The standard InChI is InChI=1S/C14H19FN2O2/c1-9(18)11-5-2-6-12(15)13(11)17-7-3-4-10(8-17)14(16)19/h2,5-6,9-10,18H,3-4,7-8H2,1H3,(H2,16,19)/t9-,10?/m1/s1. The van der Waals surface area contributed by atoms with Crippen molar-refractivity contribution in [3.8, 4) is 0 Å². The van der Waals surface area contributed by atoms with Crippen LogP contribution in [0.4, 0.5) is 10.1 Å². The van der Waals surface area contributed by atoms with Gasteiger partial charge >= 0.3 is 0 Å². The van der Waals surface area contributed by atoms with Gasteiger partial charge in [-0.1, -0.05) is 12.1 Å². The molecule has 19 heavy (non-hydrogen) atoms. The maximum absolute atomic E-state index is 14.1. The van der Waals surface area contributed by atoms with Gasteiger partial charge in [-0.15, -0.1) is 0 Å². The highest BCUT2D eigenvalue weighted by molar-refractivity contribution is 5.77. The van der Waals surface area contributed by atoms with Gasteiger partial charge in [0.2, 0.25) is 5.91 Å². The average Bonchev–Trinajstić information content (AvgIpc) is 2.38. The summed E-state index contributed by atoms with van der Waals surface area (Å²) in [5.41, 5.74) is 6.27. The Balaban J connectivity index is 2.33. The van der Waals surface area contributed by atoms with Gasteiger partial charge in [-0.2, -0.15) is 0 Å². The second-order valence-corrected chi connectivity index (χ2v) is 5.04. The van der Waals surface area contributed by atoms with Crippen LogP contribution in [-0.2, 0) is 4.79 Å². The van der Waals surface area contributed by atoms with Gasteiger partial charge < -0.3 is 15.7 Å². The number of halogens is 1. The summed E-state index contributed by atoms with van der Waals surface area (Å²) in [5.74, 6) is -0.974. The van der Waals surface area contributed by atoms with Gasteiger partial charge in [-0.05, 0) is 25.8 Å². The Labute approximate surface area is 112 Å². The molecule has 0 bridgehead atoms. The first kappa shape index (κ1) is 13.8. The molecule has 1 aromatic rings. The van der Waals surface area contributed by atoms with E-state index in [-0.39, 0.29) is 17.6 Å². The molecule has 104 valence electrons. The largest absolute Gasteiger partial charge is 0.389 e. The Bertz CT molecular complexity index is 477. The molecule has 1 aliphatic heterocycles. The maximum Gasteiger partial charge on any atom is 0.222 e. The van der Waals surface area contributed by atoms with Crippen molar-refractivity contribution in [1.82, 2.24) is 0 Å². The third-order valence-electron chi connectivity index (χ3n) is 3.61. The number of primary amides is 1. The molecular formula is C14H19FN2O2. The van der Waals surface area contributed by atoms with Gasteiger partial charge in [-0.3, -0.25) is 4.79 Å². The molecule has 4 nitrogen and oxygen atoms in total. The highest BCUT2D eigenvalue weighted by Gasteiger charge is 2.27. The van der Waals surface area contributed by atoms with Gasteiger partial charge in [0, 0.05) is 18.7 Å². The van der Waals surface area contributed by atoms with Gasteiger partial charge in [0.25, 0.3) is 0 Å². The normalized spacial score (nSPS) is 21.2. The third kappa shape index (κ3) is 2.87. The van der Waals surface area contributed by atoms with Crippen LogP contribution in [0, 0.1) is 11.7 Å². The van der Waals surface area contributed by atoms with Crippen molar-refractivity contribution < 1.29 is 14.3 Å². The van der Waals surface area contributed by atoms with E-state index in [1.165, 1.54) is 6.07 Å². The molecule has 1 aromatic carbocycles. The first-order valence-electron chi connectivity index (χ1n) is 6.51. The average molecular weight is 266 g/mol. The van der Waals surface area contributed by atoms with Crippen molar-refractivity contribution in [3.63, 3.8) is 0 Å². The van der Waals surface area contributed by atoms with Crippen molar-refractivity contribution in [2.45, 2.75) is 25.9 Å². The zero-order valence-corrected chi connectivity index (χ0v) is 11.0. The number of hydrogen-bond acceptors (Lipinski definition) is 3. The van der Waals surface area contributed by atoms with Gasteiger partial charge in [-0.25, -0.2) is 4.39 Å². The second kappa shape index (κ2) is 5.57. The topological polar surface area (TPSA) is 66.6 Å². The van der Waals surface area contributed by atoms with Crippen molar-refractivity contribution in [3.05, 3.63) is 29.6 Å². The molecule has 0 saturated carbocycles.